The Balaban J connectivity index is 3.98. The summed E-state index contributed by atoms with van der Waals surface area (Å²) in [6.45, 7) is 14.1. The molecule has 0 fully saturated rings. The number of aliphatic hydroxyl groups excluding tert-OH is 2. The van der Waals surface area contributed by atoms with Crippen LogP contribution < -0.4 is 0 Å². The van der Waals surface area contributed by atoms with Crippen LogP contribution in [0.3, 0.4) is 0 Å². The van der Waals surface area contributed by atoms with E-state index in [0.29, 0.717) is 19.1 Å². The second kappa shape index (κ2) is 12.3. The first kappa shape index (κ1) is 21.9. The molecule has 0 aromatic carbocycles. The van der Waals surface area contributed by atoms with Crippen LogP contribution in [0.4, 0.5) is 0 Å². The summed E-state index contributed by atoms with van der Waals surface area (Å²) in [5.74, 6) is 1.63. The molecule has 0 aromatic heterocycles. The van der Waals surface area contributed by atoms with Crippen molar-refractivity contribution in [3.63, 3.8) is 0 Å². The van der Waals surface area contributed by atoms with Crippen LogP contribution in [0.1, 0.15) is 80.1 Å². The second-order valence-electron chi connectivity index (χ2n) is 7.86. The SMILES string of the molecule is CC(C)CCCC(C)CCCC(C)N(CC(C)O)CC(C)O. The van der Waals surface area contributed by atoms with Gasteiger partial charge in [-0.15, -0.1) is 0 Å². The van der Waals surface area contributed by atoms with E-state index in [1.807, 2.05) is 13.8 Å². The van der Waals surface area contributed by atoms with E-state index in [0.717, 1.165) is 18.3 Å². The molecule has 0 aliphatic rings. The highest BCUT2D eigenvalue weighted by atomic mass is 16.3. The molecule has 3 nitrogen and oxygen atoms in total. The molecule has 0 heterocycles. The van der Waals surface area contributed by atoms with Gasteiger partial charge in [-0.05, 0) is 39.0 Å². The van der Waals surface area contributed by atoms with Gasteiger partial charge in [-0.25, -0.2) is 0 Å². The van der Waals surface area contributed by atoms with Crippen LogP contribution in [0, 0.1) is 11.8 Å². The average molecular weight is 316 g/mol. The van der Waals surface area contributed by atoms with E-state index in [2.05, 4.69) is 32.6 Å². The van der Waals surface area contributed by atoms with Crippen molar-refractivity contribution in [3.05, 3.63) is 0 Å². The summed E-state index contributed by atoms with van der Waals surface area (Å²) in [5.41, 5.74) is 0. The zero-order chi connectivity index (χ0) is 17.1. The molecule has 0 spiro atoms. The highest BCUT2D eigenvalue weighted by Crippen LogP contribution is 2.19. The Morgan fingerprint density at radius 2 is 1.14 bits per heavy atom. The molecule has 4 unspecified atom stereocenters. The minimum absolute atomic E-state index is 0.337. The number of hydrogen-bond acceptors (Lipinski definition) is 3. The molecule has 0 amide bonds. The van der Waals surface area contributed by atoms with Crippen LogP contribution >= 0.6 is 0 Å². The van der Waals surface area contributed by atoms with Crippen molar-refractivity contribution in [2.75, 3.05) is 13.1 Å². The van der Waals surface area contributed by atoms with Gasteiger partial charge in [0.25, 0.3) is 0 Å². The molecule has 134 valence electrons. The third-order valence-corrected chi connectivity index (χ3v) is 4.42. The maximum absolute atomic E-state index is 9.62. The van der Waals surface area contributed by atoms with Gasteiger partial charge >= 0.3 is 0 Å². The summed E-state index contributed by atoms with van der Waals surface area (Å²) in [7, 11) is 0. The summed E-state index contributed by atoms with van der Waals surface area (Å²) < 4.78 is 0. The molecule has 0 aliphatic heterocycles. The summed E-state index contributed by atoms with van der Waals surface area (Å²) in [4.78, 5) is 2.22. The fourth-order valence-electron chi connectivity index (χ4n) is 3.08. The number of hydrogen-bond donors (Lipinski definition) is 2. The quantitative estimate of drug-likeness (QED) is 0.538. The van der Waals surface area contributed by atoms with Gasteiger partial charge in [0.05, 0.1) is 12.2 Å². The van der Waals surface area contributed by atoms with Crippen LogP contribution in [0.15, 0.2) is 0 Å². The van der Waals surface area contributed by atoms with Crippen molar-refractivity contribution in [2.24, 2.45) is 11.8 Å². The van der Waals surface area contributed by atoms with Gasteiger partial charge in [0.15, 0.2) is 0 Å². The number of aliphatic hydroxyl groups is 2. The molecule has 0 radical (unpaired) electrons. The number of rotatable bonds is 13. The van der Waals surface area contributed by atoms with E-state index in [-0.39, 0.29) is 12.2 Å². The molecular formula is C19H41NO2. The van der Waals surface area contributed by atoms with Gasteiger partial charge < -0.3 is 10.2 Å². The Morgan fingerprint density at radius 1 is 0.682 bits per heavy atom. The summed E-state index contributed by atoms with van der Waals surface area (Å²) in [5, 5.41) is 19.2. The molecule has 4 atom stereocenters. The number of nitrogens with zero attached hydrogens (tertiary/aromatic N) is 1. The second-order valence-corrected chi connectivity index (χ2v) is 7.86. The summed E-state index contributed by atoms with van der Waals surface area (Å²) in [6, 6.07) is 0.423. The Bertz CT molecular complexity index is 244. The fraction of sp³-hybridized carbons (Fsp3) is 1.00. The van der Waals surface area contributed by atoms with Gasteiger partial charge in [-0.2, -0.15) is 0 Å². The largest absolute Gasteiger partial charge is 0.392 e. The third-order valence-electron chi connectivity index (χ3n) is 4.42. The lowest BCUT2D eigenvalue weighted by Gasteiger charge is -2.31. The van der Waals surface area contributed by atoms with Crippen LogP contribution in [0.2, 0.25) is 0 Å². The van der Waals surface area contributed by atoms with E-state index in [1.54, 1.807) is 0 Å². The zero-order valence-electron chi connectivity index (χ0n) is 15.9. The predicted molar refractivity (Wildman–Crippen MR) is 96.1 cm³/mol. The first-order valence-electron chi connectivity index (χ1n) is 9.32. The van der Waals surface area contributed by atoms with Crippen molar-refractivity contribution in [1.82, 2.24) is 4.90 Å². The molecule has 0 saturated heterocycles. The van der Waals surface area contributed by atoms with E-state index < -0.39 is 0 Å². The van der Waals surface area contributed by atoms with E-state index in [9.17, 15) is 10.2 Å². The molecule has 0 rings (SSSR count). The van der Waals surface area contributed by atoms with Gasteiger partial charge in [0.1, 0.15) is 0 Å². The fourth-order valence-corrected chi connectivity index (χ4v) is 3.08. The molecule has 0 saturated carbocycles. The zero-order valence-corrected chi connectivity index (χ0v) is 15.9. The third kappa shape index (κ3) is 12.4. The minimum Gasteiger partial charge on any atom is -0.392 e. The van der Waals surface area contributed by atoms with Crippen LogP contribution in [-0.4, -0.2) is 46.5 Å². The Labute approximate surface area is 139 Å². The standard InChI is InChI=1S/C19H41NO2/c1-15(2)9-7-10-16(3)11-8-12-17(4)20(13-18(5)21)14-19(6)22/h15-19,21-22H,7-14H2,1-6H3. The van der Waals surface area contributed by atoms with Crippen molar-refractivity contribution < 1.29 is 10.2 Å². The predicted octanol–water partition coefficient (Wildman–Crippen LogP) is 4.07. The van der Waals surface area contributed by atoms with Crippen molar-refractivity contribution >= 4 is 0 Å². The Kier molecular flexibility index (Phi) is 12.3. The maximum Gasteiger partial charge on any atom is 0.0639 e. The summed E-state index contributed by atoms with van der Waals surface area (Å²) in [6.07, 6.45) is 7.04. The molecule has 22 heavy (non-hydrogen) atoms. The lowest BCUT2D eigenvalue weighted by molar-refractivity contribution is 0.0582. The molecule has 0 aromatic rings. The highest BCUT2D eigenvalue weighted by Gasteiger charge is 2.17. The average Bonchev–Trinajstić information content (AvgIpc) is 2.36. The molecule has 2 N–H and O–H groups in total. The topological polar surface area (TPSA) is 43.7 Å². The minimum atomic E-state index is -0.337. The van der Waals surface area contributed by atoms with Crippen molar-refractivity contribution in [1.29, 1.82) is 0 Å². The molecular weight excluding hydrogens is 274 g/mol. The monoisotopic (exact) mass is 315 g/mol. The lowest BCUT2D eigenvalue weighted by atomic mass is 9.94. The van der Waals surface area contributed by atoms with Crippen LogP contribution in [-0.2, 0) is 0 Å². The van der Waals surface area contributed by atoms with Crippen LogP contribution in [0.25, 0.3) is 0 Å². The first-order chi connectivity index (χ1) is 10.2. The molecule has 3 heteroatoms. The van der Waals surface area contributed by atoms with E-state index in [4.69, 9.17) is 0 Å². The van der Waals surface area contributed by atoms with Gasteiger partial charge in [-0.3, -0.25) is 4.90 Å². The molecule has 0 aliphatic carbocycles. The summed E-state index contributed by atoms with van der Waals surface area (Å²) >= 11 is 0. The Morgan fingerprint density at radius 3 is 1.55 bits per heavy atom. The molecule has 0 bridgehead atoms. The normalized spacial score (nSPS) is 17.7. The van der Waals surface area contributed by atoms with Crippen molar-refractivity contribution in [3.8, 4) is 0 Å². The van der Waals surface area contributed by atoms with Crippen molar-refractivity contribution in [2.45, 2.75) is 98.3 Å². The maximum atomic E-state index is 9.62. The van der Waals surface area contributed by atoms with E-state index >= 15 is 0 Å². The van der Waals surface area contributed by atoms with E-state index in [1.165, 1.54) is 32.1 Å². The van der Waals surface area contributed by atoms with Crippen LogP contribution in [0.5, 0.6) is 0 Å². The smallest absolute Gasteiger partial charge is 0.0639 e. The first-order valence-corrected chi connectivity index (χ1v) is 9.32. The lowest BCUT2D eigenvalue weighted by Crippen LogP contribution is -2.42. The van der Waals surface area contributed by atoms with Gasteiger partial charge in [-0.1, -0.05) is 52.9 Å². The van der Waals surface area contributed by atoms with Gasteiger partial charge in [0.2, 0.25) is 0 Å². The Hall–Kier alpha value is -0.120. The van der Waals surface area contributed by atoms with Gasteiger partial charge in [0, 0.05) is 19.1 Å². The highest BCUT2D eigenvalue weighted by molar-refractivity contribution is 4.72.